The number of nitrogens with zero attached hydrogens (tertiary/aromatic N) is 1. The van der Waals surface area contributed by atoms with Crippen LogP contribution in [0.1, 0.15) is 11.4 Å². The van der Waals surface area contributed by atoms with Crippen LogP contribution in [0.2, 0.25) is 5.02 Å². The molecule has 0 aliphatic rings. The predicted octanol–water partition coefficient (Wildman–Crippen LogP) is 4.41. The average molecular weight is 386 g/mol. The highest BCUT2D eigenvalue weighted by molar-refractivity contribution is 7.78. The molecular formula is C21H21ClNO2P. The molecule has 26 heavy (non-hydrogen) atoms. The summed E-state index contributed by atoms with van der Waals surface area (Å²) in [6.45, 7) is 0. The molecule has 3 aromatic rings. The maximum Gasteiger partial charge on any atom is 0.174 e. The zero-order chi connectivity index (χ0) is 18.7. The summed E-state index contributed by atoms with van der Waals surface area (Å²) in [4.78, 5) is 1.93. The lowest BCUT2D eigenvalue weighted by Crippen LogP contribution is -2.21. The average Bonchev–Trinajstić information content (AvgIpc) is 2.68. The van der Waals surface area contributed by atoms with E-state index in [0.717, 1.165) is 5.69 Å². The summed E-state index contributed by atoms with van der Waals surface area (Å²) in [5.74, 6) is -1.23. The Morgan fingerprint density at radius 3 is 1.81 bits per heavy atom. The monoisotopic (exact) mass is 385 g/mol. The number of rotatable bonds is 5. The molecule has 5 heteroatoms. The fourth-order valence-electron chi connectivity index (χ4n) is 2.93. The first-order valence-corrected chi connectivity index (χ1v) is 10.5. The van der Waals surface area contributed by atoms with Gasteiger partial charge in [-0.2, -0.15) is 0 Å². The quantitative estimate of drug-likeness (QED) is 0.661. The van der Waals surface area contributed by atoms with E-state index in [1.54, 1.807) is 36.4 Å². The van der Waals surface area contributed by atoms with Gasteiger partial charge in [-0.3, -0.25) is 0 Å². The van der Waals surface area contributed by atoms with Crippen LogP contribution in [-0.4, -0.2) is 19.2 Å². The Bertz CT molecular complexity index is 886. The van der Waals surface area contributed by atoms with Crippen molar-refractivity contribution in [3.05, 3.63) is 89.4 Å². The van der Waals surface area contributed by atoms with Gasteiger partial charge in [0, 0.05) is 41.0 Å². The standard InChI is InChI=1S/C21H21ClNO2P/c1-23(2)16-13-14-19(20(22)15-16)21(24)26(25,17-9-5-3-6-10-17)18-11-7-4-8-12-18/h3-15,21,24H,1-2H3. The van der Waals surface area contributed by atoms with Crippen LogP contribution in [0.5, 0.6) is 0 Å². The van der Waals surface area contributed by atoms with Gasteiger partial charge in [0.15, 0.2) is 7.14 Å². The van der Waals surface area contributed by atoms with Crippen molar-refractivity contribution in [1.29, 1.82) is 0 Å². The Hall–Kier alpha value is -2.06. The molecule has 0 bridgehead atoms. The Morgan fingerprint density at radius 2 is 1.38 bits per heavy atom. The van der Waals surface area contributed by atoms with Gasteiger partial charge in [-0.25, -0.2) is 0 Å². The summed E-state index contributed by atoms with van der Waals surface area (Å²) < 4.78 is 14.2. The van der Waals surface area contributed by atoms with E-state index in [0.29, 0.717) is 21.2 Å². The van der Waals surface area contributed by atoms with Crippen molar-refractivity contribution < 1.29 is 9.67 Å². The summed E-state index contributed by atoms with van der Waals surface area (Å²) in [6, 6.07) is 23.6. The van der Waals surface area contributed by atoms with Crippen LogP contribution in [-0.2, 0) is 4.57 Å². The number of halogens is 1. The maximum absolute atomic E-state index is 14.2. The summed E-state index contributed by atoms with van der Waals surface area (Å²) in [7, 11) is 0.489. The smallest absolute Gasteiger partial charge is 0.174 e. The molecule has 0 fully saturated rings. The second-order valence-electron chi connectivity index (χ2n) is 6.30. The van der Waals surface area contributed by atoms with Crippen molar-refractivity contribution in [2.75, 3.05) is 19.0 Å². The van der Waals surface area contributed by atoms with E-state index in [1.165, 1.54) is 0 Å². The number of anilines is 1. The summed E-state index contributed by atoms with van der Waals surface area (Å²) in [5.41, 5.74) is 1.38. The second kappa shape index (κ2) is 7.67. The normalized spacial score (nSPS) is 12.6. The maximum atomic E-state index is 14.2. The van der Waals surface area contributed by atoms with Crippen molar-refractivity contribution >= 4 is 35.0 Å². The molecule has 1 atom stereocenters. The van der Waals surface area contributed by atoms with Gasteiger partial charge >= 0.3 is 0 Å². The van der Waals surface area contributed by atoms with Crippen LogP contribution in [0, 0.1) is 0 Å². The van der Waals surface area contributed by atoms with E-state index >= 15 is 0 Å². The fourth-order valence-corrected chi connectivity index (χ4v) is 5.99. The molecule has 1 N–H and O–H groups in total. The summed E-state index contributed by atoms with van der Waals surface area (Å²) in [6.07, 6.45) is 0. The Morgan fingerprint density at radius 1 is 0.885 bits per heavy atom. The molecule has 0 aliphatic heterocycles. The van der Waals surface area contributed by atoms with Crippen LogP contribution in [0.25, 0.3) is 0 Å². The van der Waals surface area contributed by atoms with Crippen molar-refractivity contribution in [3.8, 4) is 0 Å². The van der Waals surface area contributed by atoms with E-state index in [9.17, 15) is 9.67 Å². The number of hydrogen-bond donors (Lipinski definition) is 1. The third-order valence-corrected chi connectivity index (χ3v) is 7.83. The highest BCUT2D eigenvalue weighted by Gasteiger charge is 2.37. The lowest BCUT2D eigenvalue weighted by Gasteiger charge is -2.26. The minimum absolute atomic E-state index is 0.399. The van der Waals surface area contributed by atoms with Crippen LogP contribution in [0.3, 0.4) is 0 Å². The molecule has 0 radical (unpaired) electrons. The lowest BCUT2D eigenvalue weighted by atomic mass is 10.2. The first kappa shape index (κ1) is 18.7. The Kier molecular flexibility index (Phi) is 5.52. The molecule has 0 aliphatic carbocycles. The summed E-state index contributed by atoms with van der Waals surface area (Å²) in [5, 5.41) is 12.8. The van der Waals surface area contributed by atoms with Crippen LogP contribution < -0.4 is 15.5 Å². The predicted molar refractivity (Wildman–Crippen MR) is 110 cm³/mol. The van der Waals surface area contributed by atoms with E-state index in [-0.39, 0.29) is 0 Å². The Labute approximate surface area is 159 Å². The van der Waals surface area contributed by atoms with Gasteiger partial charge in [-0.15, -0.1) is 0 Å². The van der Waals surface area contributed by atoms with Crippen molar-refractivity contribution in [2.24, 2.45) is 0 Å². The Balaban J connectivity index is 2.16. The number of aliphatic hydroxyl groups is 1. The minimum Gasteiger partial charge on any atom is -0.380 e. The van der Waals surface area contributed by atoms with Crippen LogP contribution in [0.4, 0.5) is 5.69 Å². The van der Waals surface area contributed by atoms with Gasteiger partial charge in [-0.1, -0.05) is 78.3 Å². The van der Waals surface area contributed by atoms with Crippen molar-refractivity contribution in [2.45, 2.75) is 5.85 Å². The number of benzene rings is 3. The molecule has 0 saturated heterocycles. The highest BCUT2D eigenvalue weighted by Crippen LogP contribution is 2.56. The molecule has 0 amide bonds. The molecule has 0 spiro atoms. The number of aliphatic hydroxyl groups excluding tert-OH is 1. The first-order valence-electron chi connectivity index (χ1n) is 8.30. The van der Waals surface area contributed by atoms with E-state index in [2.05, 4.69) is 0 Å². The van der Waals surface area contributed by atoms with E-state index < -0.39 is 13.0 Å². The third kappa shape index (κ3) is 3.43. The third-order valence-electron chi connectivity index (χ3n) is 4.40. The van der Waals surface area contributed by atoms with E-state index in [4.69, 9.17) is 11.6 Å². The molecule has 1 unspecified atom stereocenters. The van der Waals surface area contributed by atoms with Gasteiger partial charge in [-0.05, 0) is 12.1 Å². The molecule has 3 nitrogen and oxygen atoms in total. The zero-order valence-electron chi connectivity index (χ0n) is 14.7. The van der Waals surface area contributed by atoms with Crippen LogP contribution in [0.15, 0.2) is 78.9 Å². The number of hydrogen-bond acceptors (Lipinski definition) is 3. The summed E-state index contributed by atoms with van der Waals surface area (Å²) >= 11 is 6.44. The largest absolute Gasteiger partial charge is 0.380 e. The molecule has 0 saturated carbocycles. The first-order chi connectivity index (χ1) is 12.4. The van der Waals surface area contributed by atoms with Gasteiger partial charge in [0.25, 0.3) is 0 Å². The lowest BCUT2D eigenvalue weighted by molar-refractivity contribution is 0.257. The molecular weight excluding hydrogens is 365 g/mol. The topological polar surface area (TPSA) is 40.5 Å². The molecule has 0 aromatic heterocycles. The molecule has 3 aromatic carbocycles. The molecule has 0 heterocycles. The van der Waals surface area contributed by atoms with Crippen LogP contribution >= 0.6 is 18.7 Å². The molecule has 3 rings (SSSR count). The van der Waals surface area contributed by atoms with Gasteiger partial charge in [0.05, 0.1) is 0 Å². The van der Waals surface area contributed by atoms with Crippen molar-refractivity contribution in [3.63, 3.8) is 0 Å². The SMILES string of the molecule is CN(C)c1ccc(C(O)P(=O)(c2ccccc2)c2ccccc2)c(Cl)c1. The van der Waals surface area contributed by atoms with Gasteiger partial charge in [0.1, 0.15) is 5.85 Å². The second-order valence-corrected chi connectivity index (χ2v) is 9.55. The van der Waals surface area contributed by atoms with Gasteiger partial charge in [0.2, 0.25) is 0 Å². The highest BCUT2D eigenvalue weighted by atomic mass is 35.5. The van der Waals surface area contributed by atoms with E-state index in [1.807, 2.05) is 61.5 Å². The zero-order valence-corrected chi connectivity index (χ0v) is 16.4. The molecule has 134 valence electrons. The fraction of sp³-hybridized carbons (Fsp3) is 0.143. The minimum atomic E-state index is -3.35. The van der Waals surface area contributed by atoms with Gasteiger partial charge < -0.3 is 14.6 Å². The van der Waals surface area contributed by atoms with Crippen molar-refractivity contribution in [1.82, 2.24) is 0 Å².